The van der Waals surface area contributed by atoms with Crippen molar-refractivity contribution in [3.05, 3.63) is 85.6 Å². The summed E-state index contributed by atoms with van der Waals surface area (Å²) in [6, 6.07) is 19.7. The molecule has 98 valence electrons. The van der Waals surface area contributed by atoms with Crippen molar-refractivity contribution >= 4 is 27.6 Å². The van der Waals surface area contributed by atoms with E-state index in [-0.39, 0.29) is 0 Å². The van der Waals surface area contributed by atoms with Crippen LogP contribution in [0.25, 0.3) is 0 Å². The Morgan fingerprint density at radius 1 is 0.611 bits per heavy atom. The molecule has 0 atom stereocenters. The van der Waals surface area contributed by atoms with Crippen molar-refractivity contribution in [2.75, 3.05) is 0 Å². The van der Waals surface area contributed by atoms with E-state index in [9.17, 15) is 0 Å². The first-order valence-corrected chi connectivity index (χ1v) is 17.0. The van der Waals surface area contributed by atoms with Gasteiger partial charge in [0.1, 0.15) is 0 Å². The minimum atomic E-state index is -2.18. The van der Waals surface area contributed by atoms with E-state index in [0.717, 1.165) is 11.1 Å². The van der Waals surface area contributed by atoms with Crippen LogP contribution < -0.4 is 0 Å². The number of hydrogen-bond donors (Lipinski definition) is 0. The fourth-order valence-corrected chi connectivity index (χ4v) is 0.956. The van der Waals surface area contributed by atoms with Crippen LogP contribution in [-0.2, 0) is 15.2 Å². The molecule has 0 saturated carbocycles. The predicted molar refractivity (Wildman–Crippen MR) is 79.4 cm³/mol. The molecule has 0 fully saturated rings. The average Bonchev–Trinajstić information content (AvgIpc) is 2.31. The Labute approximate surface area is 127 Å². The van der Waals surface area contributed by atoms with Gasteiger partial charge < -0.3 is 0 Å². The third-order valence-electron chi connectivity index (χ3n) is 1.69. The van der Waals surface area contributed by atoms with E-state index >= 15 is 0 Å². The van der Waals surface area contributed by atoms with Crippen molar-refractivity contribution < 1.29 is 15.2 Å². The van der Waals surface area contributed by atoms with Crippen molar-refractivity contribution in [1.29, 1.82) is 0 Å². The fourth-order valence-electron chi connectivity index (χ4n) is 0.956. The molecule has 0 aliphatic carbocycles. The van der Waals surface area contributed by atoms with Crippen LogP contribution in [0.3, 0.4) is 0 Å². The summed E-state index contributed by atoms with van der Waals surface area (Å²) in [7, 11) is 15.0. The van der Waals surface area contributed by atoms with E-state index in [1.165, 1.54) is 0 Å². The van der Waals surface area contributed by atoms with Crippen LogP contribution in [0.1, 0.15) is 11.1 Å². The van der Waals surface area contributed by atoms with Crippen molar-refractivity contribution in [2.45, 2.75) is 0 Å². The standard InChI is InChI=1S/2C7H7.3ClH.Ta/c2*1-7-5-3-2-4-6-7;;;;/h2*2-6H,1H2;3*1H;/q2*-1;;;;+3/p-3. The molecule has 0 spiro atoms. The van der Waals surface area contributed by atoms with Gasteiger partial charge in [-0.1, -0.05) is 12.1 Å². The number of rotatable bonds is 0. The van der Waals surface area contributed by atoms with Crippen LogP contribution in [0.2, 0.25) is 0 Å². The summed E-state index contributed by atoms with van der Waals surface area (Å²) in [6.45, 7) is 7.44. The van der Waals surface area contributed by atoms with Crippen molar-refractivity contribution in [2.24, 2.45) is 0 Å². The van der Waals surface area contributed by atoms with Crippen LogP contribution in [0.5, 0.6) is 0 Å². The van der Waals surface area contributed by atoms with Gasteiger partial charge in [0.15, 0.2) is 0 Å². The van der Waals surface area contributed by atoms with Crippen molar-refractivity contribution in [3.8, 4) is 0 Å². The Morgan fingerprint density at radius 3 is 0.944 bits per heavy atom. The molecular formula is C14H14Cl3Ta-2. The van der Waals surface area contributed by atoms with Crippen molar-refractivity contribution in [3.63, 3.8) is 0 Å². The molecule has 0 aliphatic rings. The first-order valence-electron chi connectivity index (χ1n) is 5.04. The molecule has 0 aromatic heterocycles. The normalized spacial score (nSPS) is 8.67. The summed E-state index contributed by atoms with van der Waals surface area (Å²) >= 11 is -2.18. The van der Waals surface area contributed by atoms with Gasteiger partial charge in [0.2, 0.25) is 0 Å². The van der Waals surface area contributed by atoms with Gasteiger partial charge in [-0.05, 0) is 0 Å². The van der Waals surface area contributed by atoms with Gasteiger partial charge in [0.25, 0.3) is 0 Å². The molecule has 0 radical (unpaired) electrons. The molecule has 0 bridgehead atoms. The van der Waals surface area contributed by atoms with E-state index in [1.54, 1.807) is 0 Å². The zero-order valence-corrected chi connectivity index (χ0v) is 15.2. The summed E-state index contributed by atoms with van der Waals surface area (Å²) in [4.78, 5) is 0. The molecule has 0 N–H and O–H groups in total. The Morgan fingerprint density at radius 2 is 0.833 bits per heavy atom. The maximum absolute atomic E-state index is 5.01. The topological polar surface area (TPSA) is 0 Å². The van der Waals surface area contributed by atoms with Gasteiger partial charge in [0.05, 0.1) is 0 Å². The van der Waals surface area contributed by atoms with Gasteiger partial charge >= 0.3 is 42.8 Å². The third-order valence-corrected chi connectivity index (χ3v) is 1.69. The monoisotopic (exact) mass is 468 g/mol. The van der Waals surface area contributed by atoms with Gasteiger partial charge in [-0.3, -0.25) is 0 Å². The second kappa shape index (κ2) is 11.9. The second-order valence-electron chi connectivity index (χ2n) is 3.16. The Bertz CT molecular complexity index is 350. The van der Waals surface area contributed by atoms with Gasteiger partial charge in [0, 0.05) is 0 Å². The molecule has 0 aliphatic heterocycles. The van der Waals surface area contributed by atoms with E-state index < -0.39 is 15.2 Å². The summed E-state index contributed by atoms with van der Waals surface area (Å²) in [5, 5.41) is 0. The first-order chi connectivity index (χ1) is 8.52. The fraction of sp³-hybridized carbons (Fsp3) is 0. The molecule has 0 heterocycles. The number of benzene rings is 2. The maximum atomic E-state index is 5.01. The summed E-state index contributed by atoms with van der Waals surface area (Å²) in [5.74, 6) is 0. The zero-order chi connectivity index (χ0) is 13.8. The molecule has 2 rings (SSSR count). The van der Waals surface area contributed by atoms with E-state index in [2.05, 4.69) is 13.8 Å². The molecule has 0 saturated heterocycles. The second-order valence-corrected chi connectivity index (χ2v) is 17.1. The minimum absolute atomic E-state index is 1.07. The summed E-state index contributed by atoms with van der Waals surface area (Å²) < 4.78 is 0. The van der Waals surface area contributed by atoms with E-state index in [4.69, 9.17) is 27.6 Å². The van der Waals surface area contributed by atoms with Crippen LogP contribution in [0.15, 0.2) is 60.7 Å². The Hall–Kier alpha value is -0.210. The van der Waals surface area contributed by atoms with Crippen LogP contribution in [0, 0.1) is 13.8 Å². The summed E-state index contributed by atoms with van der Waals surface area (Å²) in [6.07, 6.45) is 0. The molecule has 2 aromatic rings. The zero-order valence-electron chi connectivity index (χ0n) is 9.77. The van der Waals surface area contributed by atoms with Gasteiger partial charge in [-0.2, -0.15) is 49.2 Å². The van der Waals surface area contributed by atoms with Crippen molar-refractivity contribution in [1.82, 2.24) is 0 Å². The van der Waals surface area contributed by atoms with Gasteiger partial charge in [-0.15, -0.1) is 24.3 Å². The predicted octanol–water partition coefficient (Wildman–Crippen LogP) is 5.80. The number of halogens is 3. The Kier molecular flexibility index (Phi) is 11.7. The van der Waals surface area contributed by atoms with Crippen LogP contribution in [0.4, 0.5) is 0 Å². The molecule has 0 unspecified atom stereocenters. The summed E-state index contributed by atoms with van der Waals surface area (Å²) in [5.41, 5.74) is 2.14. The molecule has 0 amide bonds. The molecule has 18 heavy (non-hydrogen) atoms. The third kappa shape index (κ3) is 13.9. The quantitative estimate of drug-likeness (QED) is 0.428. The Balaban J connectivity index is 0.000000253. The van der Waals surface area contributed by atoms with Crippen LogP contribution >= 0.6 is 27.6 Å². The van der Waals surface area contributed by atoms with E-state index in [0.29, 0.717) is 0 Å². The molecule has 0 nitrogen and oxygen atoms in total. The first kappa shape index (κ1) is 17.8. The average molecular weight is 470 g/mol. The SMILES string of the molecule is [CH2-]c1ccccc1.[CH2-]c1ccccc1.[Cl][Ta]([Cl])[Cl]. The molecule has 4 heteroatoms. The van der Waals surface area contributed by atoms with E-state index in [1.807, 2.05) is 60.7 Å². The number of hydrogen-bond acceptors (Lipinski definition) is 0. The molecule has 2 aromatic carbocycles. The van der Waals surface area contributed by atoms with Crippen LogP contribution in [-0.4, -0.2) is 0 Å². The van der Waals surface area contributed by atoms with Gasteiger partial charge in [-0.25, -0.2) is 0 Å². The molecular weight excluding hydrogens is 455 g/mol.